The van der Waals surface area contributed by atoms with Crippen LogP contribution >= 0.6 is 34.5 Å². The molecule has 0 aliphatic heterocycles. The predicted octanol–water partition coefficient (Wildman–Crippen LogP) is 6.29. The molecule has 0 radical (unpaired) electrons. The van der Waals surface area contributed by atoms with Crippen LogP contribution in [0.3, 0.4) is 0 Å². The highest BCUT2D eigenvalue weighted by Gasteiger charge is 2.15. The fourth-order valence-corrected chi connectivity index (χ4v) is 4.19. The van der Waals surface area contributed by atoms with E-state index in [-0.39, 0.29) is 0 Å². The van der Waals surface area contributed by atoms with Crippen molar-refractivity contribution in [3.63, 3.8) is 0 Å². The minimum absolute atomic E-state index is 0.544. The number of hydrogen-bond donors (Lipinski definition) is 1. The lowest BCUT2D eigenvalue weighted by molar-refractivity contribution is 1.10. The van der Waals surface area contributed by atoms with Crippen LogP contribution < -0.4 is 5.32 Å². The molecule has 136 valence electrons. The van der Waals surface area contributed by atoms with Crippen molar-refractivity contribution in [2.75, 3.05) is 5.32 Å². The topological polar surface area (TPSA) is 50.7 Å². The molecule has 0 saturated carbocycles. The molecule has 0 saturated heterocycles. The van der Waals surface area contributed by atoms with E-state index in [1.807, 2.05) is 24.3 Å². The van der Waals surface area contributed by atoms with Crippen LogP contribution in [0.2, 0.25) is 10.0 Å². The van der Waals surface area contributed by atoms with E-state index < -0.39 is 0 Å². The van der Waals surface area contributed by atoms with Crippen molar-refractivity contribution in [3.8, 4) is 11.4 Å². The largest absolute Gasteiger partial charge is 0.365 e. The van der Waals surface area contributed by atoms with Gasteiger partial charge >= 0.3 is 0 Å². The molecule has 1 aromatic carbocycles. The monoisotopic (exact) mass is 414 g/mol. The fourth-order valence-electron chi connectivity index (χ4n) is 2.84. The Morgan fingerprint density at radius 3 is 2.67 bits per heavy atom. The first-order chi connectivity index (χ1) is 13.0. The maximum atomic E-state index is 6.13. The first-order valence-electron chi connectivity index (χ1n) is 8.39. The number of rotatable bonds is 4. The van der Waals surface area contributed by atoms with Gasteiger partial charge in [-0.2, -0.15) is 0 Å². The molecule has 0 unspecified atom stereocenters. The third-order valence-corrected chi connectivity index (χ3v) is 6.23. The van der Waals surface area contributed by atoms with E-state index in [0.29, 0.717) is 22.4 Å². The molecule has 4 nitrogen and oxygen atoms in total. The van der Waals surface area contributed by atoms with E-state index in [0.717, 1.165) is 27.2 Å². The molecule has 3 heterocycles. The Labute approximate surface area is 171 Å². The third-order valence-electron chi connectivity index (χ3n) is 4.39. The second kappa shape index (κ2) is 7.43. The van der Waals surface area contributed by atoms with E-state index in [2.05, 4.69) is 24.1 Å². The lowest BCUT2D eigenvalue weighted by Gasteiger charge is -2.10. The molecule has 0 fully saturated rings. The highest BCUT2D eigenvalue weighted by atomic mass is 35.5. The Bertz CT molecular complexity index is 1130. The highest BCUT2D eigenvalue weighted by molar-refractivity contribution is 7.18. The summed E-state index contributed by atoms with van der Waals surface area (Å²) in [6.07, 6.45) is 3.52. The molecule has 0 atom stereocenters. The molecular weight excluding hydrogens is 399 g/mol. The molecule has 0 amide bonds. The Morgan fingerprint density at radius 1 is 1.07 bits per heavy atom. The zero-order valence-electron chi connectivity index (χ0n) is 14.8. The average Bonchev–Trinajstić information content (AvgIpc) is 2.97. The van der Waals surface area contributed by atoms with E-state index in [9.17, 15) is 0 Å². The molecule has 1 N–H and O–H groups in total. The zero-order chi connectivity index (χ0) is 19.0. The SMILES string of the molecule is Cc1sc2nc(-c3cccnc3)nc(NCc3ccc(Cl)c(Cl)c3)c2c1C. The molecule has 0 aliphatic carbocycles. The maximum absolute atomic E-state index is 6.13. The first kappa shape index (κ1) is 18.2. The van der Waals surface area contributed by atoms with Crippen LogP contribution in [0.5, 0.6) is 0 Å². The summed E-state index contributed by atoms with van der Waals surface area (Å²) in [5, 5.41) is 5.60. The van der Waals surface area contributed by atoms with Gasteiger partial charge in [-0.25, -0.2) is 9.97 Å². The van der Waals surface area contributed by atoms with Crippen molar-refractivity contribution < 1.29 is 0 Å². The summed E-state index contributed by atoms with van der Waals surface area (Å²) < 4.78 is 0. The van der Waals surface area contributed by atoms with E-state index >= 15 is 0 Å². The van der Waals surface area contributed by atoms with Gasteiger partial charge in [0.25, 0.3) is 0 Å². The summed E-state index contributed by atoms with van der Waals surface area (Å²) in [7, 11) is 0. The van der Waals surface area contributed by atoms with Gasteiger partial charge < -0.3 is 5.32 Å². The zero-order valence-corrected chi connectivity index (χ0v) is 17.1. The van der Waals surface area contributed by atoms with E-state index in [4.69, 9.17) is 33.2 Å². The summed E-state index contributed by atoms with van der Waals surface area (Å²) in [5.41, 5.74) is 3.12. The van der Waals surface area contributed by atoms with Crippen LogP contribution in [0.1, 0.15) is 16.0 Å². The standard InChI is InChI=1S/C20H16Cl2N4S/c1-11-12(2)27-20-17(11)19(24-9-13-5-6-15(21)16(22)8-13)25-18(26-20)14-4-3-7-23-10-14/h3-8,10H,9H2,1-2H3,(H,24,25,26). The Morgan fingerprint density at radius 2 is 1.93 bits per heavy atom. The Hall–Kier alpha value is -2.21. The van der Waals surface area contributed by atoms with E-state index in [1.165, 1.54) is 10.4 Å². The van der Waals surface area contributed by atoms with Gasteiger partial charge in [0.2, 0.25) is 0 Å². The number of fused-ring (bicyclic) bond motifs is 1. The van der Waals surface area contributed by atoms with Crippen LogP contribution in [-0.4, -0.2) is 15.0 Å². The van der Waals surface area contributed by atoms with Gasteiger partial charge in [-0.3, -0.25) is 4.98 Å². The number of aryl methyl sites for hydroxylation is 2. The summed E-state index contributed by atoms with van der Waals surface area (Å²) in [6, 6.07) is 9.47. The molecule has 0 bridgehead atoms. The van der Waals surface area contributed by atoms with Crippen LogP contribution in [0, 0.1) is 13.8 Å². The van der Waals surface area contributed by atoms with Crippen molar-refractivity contribution in [1.29, 1.82) is 0 Å². The maximum Gasteiger partial charge on any atom is 0.164 e. The molecule has 7 heteroatoms. The smallest absolute Gasteiger partial charge is 0.164 e. The van der Waals surface area contributed by atoms with Gasteiger partial charge in [0.15, 0.2) is 5.82 Å². The highest BCUT2D eigenvalue weighted by Crippen LogP contribution is 2.35. The van der Waals surface area contributed by atoms with Crippen LogP contribution in [0.15, 0.2) is 42.7 Å². The van der Waals surface area contributed by atoms with Crippen molar-refractivity contribution in [1.82, 2.24) is 15.0 Å². The molecule has 0 spiro atoms. The molecule has 3 aromatic heterocycles. The van der Waals surface area contributed by atoms with Gasteiger partial charge in [0.05, 0.1) is 15.4 Å². The average molecular weight is 415 g/mol. The molecule has 4 rings (SSSR count). The van der Waals surface area contributed by atoms with E-state index in [1.54, 1.807) is 29.8 Å². The summed E-state index contributed by atoms with van der Waals surface area (Å²) in [4.78, 5) is 15.9. The third kappa shape index (κ3) is 3.63. The van der Waals surface area contributed by atoms with Gasteiger partial charge in [-0.15, -0.1) is 11.3 Å². The van der Waals surface area contributed by atoms with Gasteiger partial charge in [0.1, 0.15) is 10.6 Å². The molecule has 0 aliphatic rings. The number of benzene rings is 1. The second-order valence-electron chi connectivity index (χ2n) is 6.20. The Balaban J connectivity index is 1.76. The number of nitrogens with zero attached hydrogens (tertiary/aromatic N) is 3. The number of halogens is 2. The van der Waals surface area contributed by atoms with Crippen molar-refractivity contribution in [3.05, 3.63) is 68.8 Å². The minimum atomic E-state index is 0.544. The fraction of sp³-hybridized carbons (Fsp3) is 0.150. The molecule has 27 heavy (non-hydrogen) atoms. The lowest BCUT2D eigenvalue weighted by Crippen LogP contribution is -2.04. The summed E-state index contributed by atoms with van der Waals surface area (Å²) in [5.74, 6) is 1.47. The number of hydrogen-bond acceptors (Lipinski definition) is 5. The lowest BCUT2D eigenvalue weighted by atomic mass is 10.2. The van der Waals surface area contributed by atoms with Crippen LogP contribution in [0.25, 0.3) is 21.6 Å². The van der Waals surface area contributed by atoms with Crippen LogP contribution in [-0.2, 0) is 6.54 Å². The quantitative estimate of drug-likeness (QED) is 0.426. The van der Waals surface area contributed by atoms with Crippen molar-refractivity contribution in [2.45, 2.75) is 20.4 Å². The number of nitrogens with one attached hydrogen (secondary N) is 1. The normalized spacial score (nSPS) is 11.1. The number of aromatic nitrogens is 3. The summed E-state index contributed by atoms with van der Waals surface area (Å²) in [6.45, 7) is 4.80. The summed E-state index contributed by atoms with van der Waals surface area (Å²) >= 11 is 13.8. The van der Waals surface area contributed by atoms with Gasteiger partial charge in [-0.05, 0) is 49.2 Å². The first-order valence-corrected chi connectivity index (χ1v) is 9.96. The number of anilines is 1. The van der Waals surface area contributed by atoms with Gasteiger partial charge in [0, 0.05) is 29.4 Å². The number of thiophene rings is 1. The minimum Gasteiger partial charge on any atom is -0.365 e. The molecular formula is C20H16Cl2N4S. The van der Waals surface area contributed by atoms with Crippen LogP contribution in [0.4, 0.5) is 5.82 Å². The second-order valence-corrected chi connectivity index (χ2v) is 8.22. The predicted molar refractivity (Wildman–Crippen MR) is 114 cm³/mol. The molecule has 4 aromatic rings. The van der Waals surface area contributed by atoms with Crippen molar-refractivity contribution in [2.24, 2.45) is 0 Å². The Kier molecular flexibility index (Phi) is 5.00. The van der Waals surface area contributed by atoms with Gasteiger partial charge in [-0.1, -0.05) is 29.3 Å². The van der Waals surface area contributed by atoms with Crippen molar-refractivity contribution >= 4 is 50.6 Å². The number of pyridine rings is 1.